The van der Waals surface area contributed by atoms with Crippen LogP contribution in [-0.4, -0.2) is 46.7 Å². The molecule has 0 atom stereocenters. The van der Waals surface area contributed by atoms with E-state index in [0.717, 1.165) is 32.0 Å². The molecule has 1 heterocycles. The highest BCUT2D eigenvalue weighted by Crippen LogP contribution is 2.27. The van der Waals surface area contributed by atoms with Gasteiger partial charge >= 0.3 is 6.18 Å². The first-order valence-electron chi connectivity index (χ1n) is 8.16. The van der Waals surface area contributed by atoms with Crippen LogP contribution in [0.25, 0.3) is 0 Å². The number of nitrogens with one attached hydrogen (secondary N) is 3. The molecule has 27 heavy (non-hydrogen) atoms. The van der Waals surface area contributed by atoms with Crippen LogP contribution >= 0.6 is 12.4 Å². The first-order valence-corrected chi connectivity index (χ1v) is 9.65. The van der Waals surface area contributed by atoms with Gasteiger partial charge in [-0.3, -0.25) is 4.79 Å². The van der Waals surface area contributed by atoms with E-state index in [-0.39, 0.29) is 34.8 Å². The van der Waals surface area contributed by atoms with E-state index in [4.69, 9.17) is 0 Å². The molecular formula is C16H23ClF3N3O3S. The van der Waals surface area contributed by atoms with Crippen molar-refractivity contribution >= 4 is 28.3 Å². The minimum atomic E-state index is -4.54. The van der Waals surface area contributed by atoms with Gasteiger partial charge in [0.25, 0.3) is 5.91 Å². The van der Waals surface area contributed by atoms with Crippen molar-refractivity contribution in [2.45, 2.75) is 30.8 Å². The number of hydrogen-bond acceptors (Lipinski definition) is 4. The molecule has 1 saturated heterocycles. The van der Waals surface area contributed by atoms with E-state index in [0.29, 0.717) is 0 Å². The lowest BCUT2D eigenvalue weighted by Crippen LogP contribution is -2.42. The molecule has 1 aromatic carbocycles. The third kappa shape index (κ3) is 7.28. The predicted molar refractivity (Wildman–Crippen MR) is 97.5 cm³/mol. The van der Waals surface area contributed by atoms with Crippen molar-refractivity contribution < 1.29 is 26.4 Å². The number of amides is 1. The van der Waals surface area contributed by atoms with E-state index < -0.39 is 28.7 Å². The fraction of sp³-hybridized carbons (Fsp3) is 0.562. The lowest BCUT2D eigenvalue weighted by atomic mass is 9.81. The maximum absolute atomic E-state index is 12.5. The zero-order valence-corrected chi connectivity index (χ0v) is 16.4. The zero-order valence-electron chi connectivity index (χ0n) is 14.7. The maximum Gasteiger partial charge on any atom is 0.405 e. The Hall–Kier alpha value is -1.36. The van der Waals surface area contributed by atoms with Crippen molar-refractivity contribution in [3.8, 4) is 0 Å². The van der Waals surface area contributed by atoms with Gasteiger partial charge in [-0.25, -0.2) is 13.1 Å². The summed E-state index contributed by atoms with van der Waals surface area (Å²) in [5, 5.41) is 4.93. The van der Waals surface area contributed by atoms with Crippen molar-refractivity contribution in [1.29, 1.82) is 0 Å². The van der Waals surface area contributed by atoms with Crippen molar-refractivity contribution in [2.24, 2.45) is 5.41 Å². The second kappa shape index (κ2) is 9.22. The Bertz CT molecular complexity index is 751. The van der Waals surface area contributed by atoms with Gasteiger partial charge in [0.1, 0.15) is 6.54 Å². The summed E-state index contributed by atoms with van der Waals surface area (Å²) in [6.07, 6.45) is -2.88. The smallest absolute Gasteiger partial charge is 0.343 e. The van der Waals surface area contributed by atoms with Gasteiger partial charge in [-0.2, -0.15) is 13.2 Å². The highest BCUT2D eigenvalue weighted by molar-refractivity contribution is 7.89. The third-order valence-corrected chi connectivity index (χ3v) is 5.75. The Labute approximate surface area is 162 Å². The highest BCUT2D eigenvalue weighted by Gasteiger charge is 2.30. The Kier molecular flexibility index (Phi) is 8.09. The molecule has 11 heteroatoms. The summed E-state index contributed by atoms with van der Waals surface area (Å²) in [6.45, 7) is 2.40. The van der Waals surface area contributed by atoms with Gasteiger partial charge in [0.05, 0.1) is 4.90 Å². The maximum atomic E-state index is 12.5. The molecule has 1 fully saturated rings. The Balaban J connectivity index is 0.00000364. The van der Waals surface area contributed by atoms with Crippen molar-refractivity contribution in [2.75, 3.05) is 26.2 Å². The van der Waals surface area contributed by atoms with Gasteiger partial charge in [0, 0.05) is 12.1 Å². The van der Waals surface area contributed by atoms with Crippen LogP contribution in [0.1, 0.15) is 30.1 Å². The summed E-state index contributed by atoms with van der Waals surface area (Å²) in [4.78, 5) is 11.6. The number of piperidine rings is 1. The Morgan fingerprint density at radius 1 is 1.26 bits per heavy atom. The second-order valence-corrected chi connectivity index (χ2v) is 8.48. The molecule has 0 saturated carbocycles. The monoisotopic (exact) mass is 429 g/mol. The summed E-state index contributed by atoms with van der Waals surface area (Å²) in [6, 6.07) is 4.95. The molecule has 0 bridgehead atoms. The number of rotatable bonds is 6. The fourth-order valence-electron chi connectivity index (χ4n) is 2.65. The van der Waals surface area contributed by atoms with Gasteiger partial charge in [0.2, 0.25) is 10.0 Å². The number of carbonyl (C=O) groups excluding carboxylic acids is 1. The first-order chi connectivity index (χ1) is 12.0. The van der Waals surface area contributed by atoms with Crippen molar-refractivity contribution in [3.05, 3.63) is 29.8 Å². The van der Waals surface area contributed by atoms with Gasteiger partial charge in [-0.05, 0) is 49.5 Å². The Morgan fingerprint density at radius 3 is 2.48 bits per heavy atom. The SMILES string of the molecule is CC1(CNS(=O)(=O)c2cccc(C(=O)NCC(F)(F)F)c2)CCNCC1.Cl. The molecule has 0 radical (unpaired) electrons. The molecule has 1 amide bonds. The van der Waals surface area contributed by atoms with E-state index in [1.165, 1.54) is 18.2 Å². The number of carbonyl (C=O) groups is 1. The zero-order chi connectivity index (χ0) is 19.4. The summed E-state index contributed by atoms with van der Waals surface area (Å²) in [5.41, 5.74) is -0.315. The van der Waals surface area contributed by atoms with Gasteiger partial charge in [-0.1, -0.05) is 13.0 Å². The number of alkyl halides is 3. The molecule has 1 aliphatic heterocycles. The van der Waals surface area contributed by atoms with Crippen LogP contribution in [0.4, 0.5) is 13.2 Å². The van der Waals surface area contributed by atoms with Crippen molar-refractivity contribution in [1.82, 2.24) is 15.4 Å². The molecule has 0 aliphatic carbocycles. The quantitative estimate of drug-likeness (QED) is 0.646. The van der Waals surface area contributed by atoms with Gasteiger partial charge in [0.15, 0.2) is 0 Å². The van der Waals surface area contributed by atoms with E-state index >= 15 is 0 Å². The summed E-state index contributed by atoms with van der Waals surface area (Å²) in [5.74, 6) is -0.982. The molecule has 0 spiro atoms. The molecule has 1 aromatic rings. The summed E-state index contributed by atoms with van der Waals surface area (Å²) in [7, 11) is -3.87. The number of hydrogen-bond donors (Lipinski definition) is 3. The van der Waals surface area contributed by atoms with Gasteiger partial charge < -0.3 is 10.6 Å². The largest absolute Gasteiger partial charge is 0.405 e. The van der Waals surface area contributed by atoms with Crippen molar-refractivity contribution in [3.63, 3.8) is 0 Å². The van der Waals surface area contributed by atoms with E-state index in [1.54, 1.807) is 5.32 Å². The van der Waals surface area contributed by atoms with Crippen LogP contribution in [-0.2, 0) is 10.0 Å². The molecule has 2 rings (SSSR count). The summed E-state index contributed by atoms with van der Waals surface area (Å²) < 4.78 is 64.0. The minimum absolute atomic E-state index is 0. The minimum Gasteiger partial charge on any atom is -0.343 e. The van der Waals surface area contributed by atoms with Crippen LogP contribution < -0.4 is 15.4 Å². The summed E-state index contributed by atoms with van der Waals surface area (Å²) >= 11 is 0. The number of sulfonamides is 1. The predicted octanol–water partition coefficient (Wildman–Crippen LogP) is 2.07. The molecular weight excluding hydrogens is 407 g/mol. The molecule has 3 N–H and O–H groups in total. The normalized spacial score (nSPS) is 17.0. The van der Waals surface area contributed by atoms with E-state index in [9.17, 15) is 26.4 Å². The first kappa shape index (κ1) is 23.7. The van der Waals surface area contributed by atoms with Crippen LogP contribution in [0.15, 0.2) is 29.2 Å². The standard InChI is InChI=1S/C16H22F3N3O3S.ClH/c1-15(5-7-20-8-6-15)10-22-26(24,25)13-4-2-3-12(9-13)14(23)21-11-16(17,18)19;/h2-4,9,20,22H,5-8,10-11H2,1H3,(H,21,23);1H. The van der Waals surface area contributed by atoms with E-state index in [2.05, 4.69) is 10.0 Å². The lowest BCUT2D eigenvalue weighted by Gasteiger charge is -2.34. The molecule has 1 aliphatic rings. The van der Waals surface area contributed by atoms with Crippen LogP contribution in [0, 0.1) is 5.41 Å². The molecule has 6 nitrogen and oxygen atoms in total. The lowest BCUT2D eigenvalue weighted by molar-refractivity contribution is -0.123. The average Bonchev–Trinajstić information content (AvgIpc) is 2.58. The van der Waals surface area contributed by atoms with Gasteiger partial charge in [-0.15, -0.1) is 12.4 Å². The molecule has 154 valence electrons. The fourth-order valence-corrected chi connectivity index (χ4v) is 3.89. The van der Waals surface area contributed by atoms with E-state index in [1.807, 2.05) is 6.92 Å². The Morgan fingerprint density at radius 2 is 1.89 bits per heavy atom. The average molecular weight is 430 g/mol. The topological polar surface area (TPSA) is 87.3 Å². The number of benzene rings is 1. The van der Waals surface area contributed by atoms with Crippen LogP contribution in [0.5, 0.6) is 0 Å². The number of halogens is 4. The highest BCUT2D eigenvalue weighted by atomic mass is 35.5. The van der Waals surface area contributed by atoms with Crippen LogP contribution in [0.2, 0.25) is 0 Å². The second-order valence-electron chi connectivity index (χ2n) is 6.71. The molecule has 0 aromatic heterocycles. The van der Waals surface area contributed by atoms with Crippen LogP contribution in [0.3, 0.4) is 0 Å². The molecule has 0 unspecified atom stereocenters. The third-order valence-electron chi connectivity index (χ3n) is 4.36.